The zero-order valence-corrected chi connectivity index (χ0v) is 10.2. The Morgan fingerprint density at radius 2 is 1.94 bits per heavy atom. The van der Waals surface area contributed by atoms with Crippen LogP contribution in [0.4, 0.5) is 4.39 Å². The Labute approximate surface area is 105 Å². The molecule has 1 aromatic carbocycles. The largest absolute Gasteiger partial charge is 0.309 e. The molecule has 0 saturated heterocycles. The minimum absolute atomic E-state index is 0.248. The highest BCUT2D eigenvalue weighted by molar-refractivity contribution is 7.21. The summed E-state index contributed by atoms with van der Waals surface area (Å²) in [4.78, 5) is 23.4. The lowest BCUT2D eigenvalue weighted by molar-refractivity contribution is 0.628. The van der Waals surface area contributed by atoms with Crippen LogP contribution in [0.5, 0.6) is 0 Å². The molecular weight excluding hydrogens is 253 g/mol. The Kier molecular flexibility index (Phi) is 2.45. The van der Waals surface area contributed by atoms with E-state index in [0.717, 1.165) is 5.56 Å². The normalized spacial score (nSPS) is 11.0. The van der Waals surface area contributed by atoms with Gasteiger partial charge in [0.05, 0.1) is 0 Å². The van der Waals surface area contributed by atoms with Gasteiger partial charge in [-0.15, -0.1) is 0 Å². The molecular formula is C12H8FN3OS. The molecule has 0 aliphatic heterocycles. The predicted molar refractivity (Wildman–Crippen MR) is 68.2 cm³/mol. The highest BCUT2D eigenvalue weighted by Gasteiger charge is 2.10. The summed E-state index contributed by atoms with van der Waals surface area (Å²) < 4.78 is 12.8. The number of thiazole rings is 1. The van der Waals surface area contributed by atoms with Gasteiger partial charge >= 0.3 is 0 Å². The number of rotatable bonds is 1. The molecule has 0 aliphatic rings. The summed E-state index contributed by atoms with van der Waals surface area (Å²) in [5, 5.41) is 0.661. The van der Waals surface area contributed by atoms with Crippen molar-refractivity contribution in [1.29, 1.82) is 0 Å². The lowest BCUT2D eigenvalue weighted by Crippen LogP contribution is -2.08. The summed E-state index contributed by atoms with van der Waals surface area (Å²) in [5.41, 5.74) is 0.850. The molecule has 18 heavy (non-hydrogen) atoms. The third-order valence-corrected chi connectivity index (χ3v) is 3.48. The molecule has 0 radical (unpaired) electrons. The predicted octanol–water partition coefficient (Wildman–Crippen LogP) is 2.49. The van der Waals surface area contributed by atoms with Crippen molar-refractivity contribution >= 4 is 21.7 Å². The number of aromatic amines is 1. The first kappa shape index (κ1) is 11.0. The number of benzene rings is 1. The van der Waals surface area contributed by atoms with Crippen molar-refractivity contribution in [3.63, 3.8) is 0 Å². The van der Waals surface area contributed by atoms with Gasteiger partial charge in [0.25, 0.3) is 5.56 Å². The number of H-pyrrole nitrogens is 1. The van der Waals surface area contributed by atoms with Gasteiger partial charge in [0.1, 0.15) is 16.6 Å². The van der Waals surface area contributed by atoms with Crippen LogP contribution < -0.4 is 5.56 Å². The molecule has 1 N–H and O–H groups in total. The number of nitrogens with one attached hydrogen (secondary N) is 1. The van der Waals surface area contributed by atoms with Gasteiger partial charge < -0.3 is 4.98 Å². The van der Waals surface area contributed by atoms with E-state index >= 15 is 0 Å². The van der Waals surface area contributed by atoms with Crippen molar-refractivity contribution in [2.45, 2.75) is 6.92 Å². The molecule has 2 aromatic heterocycles. The van der Waals surface area contributed by atoms with E-state index in [0.29, 0.717) is 21.2 Å². The minimum Gasteiger partial charge on any atom is -0.309 e. The van der Waals surface area contributed by atoms with E-state index < -0.39 is 0 Å². The first-order valence-electron chi connectivity index (χ1n) is 5.27. The molecule has 0 saturated carbocycles. The van der Waals surface area contributed by atoms with Crippen molar-refractivity contribution in [2.24, 2.45) is 0 Å². The van der Waals surface area contributed by atoms with Gasteiger partial charge in [-0.3, -0.25) is 4.79 Å². The molecule has 0 spiro atoms. The van der Waals surface area contributed by atoms with Gasteiger partial charge in [-0.2, -0.15) is 0 Å². The average Bonchev–Trinajstić information content (AvgIpc) is 2.74. The molecule has 6 heteroatoms. The van der Waals surface area contributed by atoms with Gasteiger partial charge in [-0.1, -0.05) is 11.3 Å². The number of aromatic nitrogens is 3. The molecule has 0 atom stereocenters. The fourth-order valence-electron chi connectivity index (χ4n) is 1.66. The van der Waals surface area contributed by atoms with E-state index in [-0.39, 0.29) is 11.4 Å². The maximum atomic E-state index is 12.8. The second-order valence-corrected chi connectivity index (χ2v) is 4.81. The Morgan fingerprint density at radius 1 is 1.22 bits per heavy atom. The van der Waals surface area contributed by atoms with Crippen LogP contribution in [-0.4, -0.2) is 15.0 Å². The van der Waals surface area contributed by atoms with Gasteiger partial charge in [0.2, 0.25) is 0 Å². The quantitative estimate of drug-likeness (QED) is 0.732. The average molecular weight is 261 g/mol. The fourth-order valence-corrected chi connectivity index (χ4v) is 2.65. The van der Waals surface area contributed by atoms with Gasteiger partial charge in [-0.25, -0.2) is 14.4 Å². The van der Waals surface area contributed by atoms with E-state index in [1.165, 1.54) is 23.5 Å². The molecule has 90 valence electrons. The summed E-state index contributed by atoms with van der Waals surface area (Å²) in [7, 11) is 0. The summed E-state index contributed by atoms with van der Waals surface area (Å²) in [6.45, 7) is 1.72. The Balaban J connectivity index is 2.22. The molecule has 0 aliphatic carbocycles. The first-order chi connectivity index (χ1) is 8.63. The Bertz CT molecular complexity index is 776. The van der Waals surface area contributed by atoms with E-state index in [1.54, 1.807) is 19.1 Å². The smallest absolute Gasteiger partial charge is 0.278 e. The van der Waals surface area contributed by atoms with Crippen LogP contribution in [-0.2, 0) is 0 Å². The topological polar surface area (TPSA) is 58.6 Å². The fraction of sp³-hybridized carbons (Fsp3) is 0.0833. The summed E-state index contributed by atoms with van der Waals surface area (Å²) in [6.07, 6.45) is 0. The maximum absolute atomic E-state index is 12.8. The number of hydrogen-bond donors (Lipinski definition) is 1. The van der Waals surface area contributed by atoms with Gasteiger partial charge in [-0.05, 0) is 31.2 Å². The monoisotopic (exact) mass is 261 g/mol. The van der Waals surface area contributed by atoms with Crippen LogP contribution in [0.1, 0.15) is 5.82 Å². The van der Waals surface area contributed by atoms with Crippen molar-refractivity contribution in [1.82, 2.24) is 15.0 Å². The molecule has 2 heterocycles. The maximum Gasteiger partial charge on any atom is 0.278 e. The van der Waals surface area contributed by atoms with Crippen LogP contribution in [0.3, 0.4) is 0 Å². The lowest BCUT2D eigenvalue weighted by Gasteiger charge is -1.93. The Morgan fingerprint density at radius 3 is 2.67 bits per heavy atom. The van der Waals surface area contributed by atoms with Crippen LogP contribution in [0.2, 0.25) is 0 Å². The zero-order chi connectivity index (χ0) is 12.7. The van der Waals surface area contributed by atoms with E-state index in [2.05, 4.69) is 15.0 Å². The van der Waals surface area contributed by atoms with Crippen LogP contribution in [0.15, 0.2) is 29.1 Å². The Hall–Kier alpha value is -2.08. The molecule has 0 amide bonds. The molecule has 3 aromatic rings. The second-order valence-electron chi connectivity index (χ2n) is 3.83. The molecule has 0 unspecified atom stereocenters. The van der Waals surface area contributed by atoms with Crippen LogP contribution in [0, 0.1) is 12.7 Å². The lowest BCUT2D eigenvalue weighted by atomic mass is 10.2. The van der Waals surface area contributed by atoms with E-state index in [9.17, 15) is 9.18 Å². The standard InChI is InChI=1S/C12H8FN3OS/c1-6-14-10(17)9-12(15-6)18-11(16-9)7-2-4-8(13)5-3-7/h2-5H,1H3,(H,14,15,17). The zero-order valence-electron chi connectivity index (χ0n) is 9.40. The molecule has 4 nitrogen and oxygen atoms in total. The summed E-state index contributed by atoms with van der Waals surface area (Å²) in [5.74, 6) is 0.258. The van der Waals surface area contributed by atoms with Crippen LogP contribution in [0.25, 0.3) is 20.9 Å². The van der Waals surface area contributed by atoms with Gasteiger partial charge in [0, 0.05) is 5.56 Å². The van der Waals surface area contributed by atoms with E-state index in [4.69, 9.17) is 0 Å². The third kappa shape index (κ3) is 1.80. The molecule has 3 rings (SSSR count). The number of halogens is 1. The second kappa shape index (κ2) is 3.99. The highest BCUT2D eigenvalue weighted by atomic mass is 32.1. The summed E-state index contributed by atoms with van der Waals surface area (Å²) in [6, 6.07) is 6.00. The first-order valence-corrected chi connectivity index (χ1v) is 6.08. The number of aryl methyl sites for hydroxylation is 1. The van der Waals surface area contributed by atoms with Crippen molar-refractivity contribution in [3.8, 4) is 10.6 Å². The van der Waals surface area contributed by atoms with Crippen LogP contribution >= 0.6 is 11.3 Å². The van der Waals surface area contributed by atoms with Gasteiger partial charge in [0.15, 0.2) is 10.3 Å². The number of hydrogen-bond acceptors (Lipinski definition) is 4. The SMILES string of the molecule is Cc1nc2sc(-c3ccc(F)cc3)nc2c(=O)[nH]1. The molecule has 0 bridgehead atoms. The van der Waals surface area contributed by atoms with Crippen molar-refractivity contribution in [3.05, 3.63) is 46.3 Å². The summed E-state index contributed by atoms with van der Waals surface area (Å²) >= 11 is 1.32. The minimum atomic E-state index is -0.299. The third-order valence-electron chi connectivity index (χ3n) is 2.48. The van der Waals surface area contributed by atoms with E-state index in [1.807, 2.05) is 0 Å². The highest BCUT2D eigenvalue weighted by Crippen LogP contribution is 2.27. The number of fused-ring (bicyclic) bond motifs is 1. The van der Waals surface area contributed by atoms with Crippen molar-refractivity contribution < 1.29 is 4.39 Å². The van der Waals surface area contributed by atoms with Crippen molar-refractivity contribution in [2.75, 3.05) is 0 Å². The number of nitrogens with zero attached hydrogens (tertiary/aromatic N) is 2. The molecule has 0 fully saturated rings.